The van der Waals surface area contributed by atoms with Gasteiger partial charge in [0.15, 0.2) is 9.84 Å². The Morgan fingerprint density at radius 3 is 2.70 bits per heavy atom. The predicted octanol–water partition coefficient (Wildman–Crippen LogP) is 0.490. The summed E-state index contributed by atoms with van der Waals surface area (Å²) in [6, 6.07) is -0.917. The summed E-state index contributed by atoms with van der Waals surface area (Å²) >= 11 is 1.17. The van der Waals surface area contributed by atoms with Crippen LogP contribution in [0.5, 0.6) is 0 Å². The molecule has 1 aromatic heterocycles. The maximum Gasteiger partial charge on any atom is 0.320 e. The Morgan fingerprint density at radius 2 is 2.30 bits per heavy atom. The summed E-state index contributed by atoms with van der Waals surface area (Å²) in [4.78, 5) is 16.7. The Morgan fingerprint density at radius 1 is 1.60 bits per heavy atom. The number of nitrogens with zero attached hydrogens (tertiary/aromatic N) is 1. The number of nitrogens with one attached hydrogen (secondary N) is 1. The number of nitrogens with two attached hydrogens (primary N) is 1. The van der Waals surface area contributed by atoms with Crippen molar-refractivity contribution in [2.24, 2.45) is 5.73 Å². The number of aromatic nitrogens is 2. The first-order valence-corrected chi connectivity index (χ1v) is 8.67. The van der Waals surface area contributed by atoms with Crippen LogP contribution in [0.15, 0.2) is 31.4 Å². The number of H-pyrrole nitrogens is 1. The first-order valence-electron chi connectivity index (χ1n) is 5.69. The third-order valence-corrected chi connectivity index (χ3v) is 5.30. The molecular formula is C11H19N3O4S2. The summed E-state index contributed by atoms with van der Waals surface area (Å²) in [5.74, 6) is -0.695. The zero-order valence-corrected chi connectivity index (χ0v) is 12.6. The third-order valence-electron chi connectivity index (χ3n) is 1.93. The fraction of sp³-hybridized carbons (Fsp3) is 0.455. The number of aromatic amines is 1. The maximum atomic E-state index is 11.2. The minimum Gasteiger partial charge on any atom is -0.480 e. The van der Waals surface area contributed by atoms with Gasteiger partial charge in [-0.3, -0.25) is 4.79 Å². The number of rotatable bonds is 8. The SMILES string of the molecule is C=CCS(=O)(=O)CSCC[C@H](N)C(=O)O.c1c[nH]cn1. The number of carbonyl (C=O) groups is 1. The van der Waals surface area contributed by atoms with Crippen molar-refractivity contribution in [3.63, 3.8) is 0 Å². The van der Waals surface area contributed by atoms with Crippen molar-refractivity contribution in [1.29, 1.82) is 0 Å². The van der Waals surface area contributed by atoms with E-state index in [1.165, 1.54) is 17.8 Å². The van der Waals surface area contributed by atoms with Crippen LogP contribution in [-0.4, -0.2) is 52.1 Å². The molecule has 0 radical (unpaired) electrons. The van der Waals surface area contributed by atoms with Crippen molar-refractivity contribution in [3.8, 4) is 0 Å². The fourth-order valence-electron chi connectivity index (χ4n) is 0.963. The molecule has 0 saturated carbocycles. The van der Waals surface area contributed by atoms with Gasteiger partial charge in [0.1, 0.15) is 6.04 Å². The second-order valence-corrected chi connectivity index (χ2v) is 7.30. The summed E-state index contributed by atoms with van der Waals surface area (Å²) in [5.41, 5.74) is 5.25. The molecule has 0 aliphatic heterocycles. The molecule has 0 saturated heterocycles. The second-order valence-electron chi connectivity index (χ2n) is 3.72. The topological polar surface area (TPSA) is 126 Å². The summed E-state index contributed by atoms with van der Waals surface area (Å²) in [7, 11) is -3.09. The summed E-state index contributed by atoms with van der Waals surface area (Å²) in [6.07, 6.45) is 6.68. The van der Waals surface area contributed by atoms with Gasteiger partial charge in [-0.15, -0.1) is 18.3 Å². The molecule has 4 N–H and O–H groups in total. The Balaban J connectivity index is 0.000000595. The van der Waals surface area contributed by atoms with Crippen LogP contribution in [0.1, 0.15) is 6.42 Å². The number of hydrogen-bond acceptors (Lipinski definition) is 6. The number of sulfone groups is 1. The van der Waals surface area contributed by atoms with Crippen LogP contribution in [0.25, 0.3) is 0 Å². The highest BCUT2D eigenvalue weighted by molar-refractivity contribution is 8.12. The van der Waals surface area contributed by atoms with Gasteiger partial charge in [0.05, 0.1) is 17.2 Å². The molecule has 1 aromatic rings. The molecule has 0 bridgehead atoms. The smallest absolute Gasteiger partial charge is 0.320 e. The summed E-state index contributed by atoms with van der Waals surface area (Å²) < 4.78 is 22.3. The molecule has 0 unspecified atom stereocenters. The van der Waals surface area contributed by atoms with E-state index < -0.39 is 21.8 Å². The number of thioether (sulfide) groups is 1. The van der Waals surface area contributed by atoms with Gasteiger partial charge in [0, 0.05) is 12.4 Å². The van der Waals surface area contributed by atoms with Crippen molar-refractivity contribution in [2.45, 2.75) is 12.5 Å². The molecule has 0 spiro atoms. The van der Waals surface area contributed by atoms with Crippen molar-refractivity contribution < 1.29 is 18.3 Å². The van der Waals surface area contributed by atoms with E-state index >= 15 is 0 Å². The Labute approximate surface area is 122 Å². The van der Waals surface area contributed by atoms with Crippen LogP contribution in [0.2, 0.25) is 0 Å². The normalized spacial score (nSPS) is 12.1. The lowest BCUT2D eigenvalue weighted by Crippen LogP contribution is -2.30. The molecule has 0 amide bonds. The van der Waals surface area contributed by atoms with E-state index in [9.17, 15) is 13.2 Å². The highest BCUT2D eigenvalue weighted by Crippen LogP contribution is 2.09. The molecular weight excluding hydrogens is 302 g/mol. The molecule has 20 heavy (non-hydrogen) atoms. The van der Waals surface area contributed by atoms with Crippen LogP contribution in [0.3, 0.4) is 0 Å². The number of imidazole rings is 1. The second kappa shape index (κ2) is 10.5. The van der Waals surface area contributed by atoms with E-state index in [4.69, 9.17) is 10.8 Å². The first kappa shape index (κ1) is 18.7. The number of carboxylic acids is 1. The van der Waals surface area contributed by atoms with Crippen LogP contribution >= 0.6 is 11.8 Å². The van der Waals surface area contributed by atoms with E-state index in [0.29, 0.717) is 5.75 Å². The zero-order valence-electron chi connectivity index (χ0n) is 10.9. The van der Waals surface area contributed by atoms with Crippen molar-refractivity contribution >= 4 is 27.6 Å². The van der Waals surface area contributed by atoms with Gasteiger partial charge in [-0.2, -0.15) is 0 Å². The third kappa shape index (κ3) is 10.6. The molecule has 1 rings (SSSR count). The van der Waals surface area contributed by atoms with Crippen LogP contribution in [0, 0.1) is 0 Å². The lowest BCUT2D eigenvalue weighted by Gasteiger charge is -2.05. The monoisotopic (exact) mass is 321 g/mol. The van der Waals surface area contributed by atoms with E-state index in [-0.39, 0.29) is 17.3 Å². The Bertz CT molecular complexity index is 457. The fourth-order valence-corrected chi connectivity index (χ4v) is 3.61. The highest BCUT2D eigenvalue weighted by Gasteiger charge is 2.12. The van der Waals surface area contributed by atoms with Gasteiger partial charge < -0.3 is 15.8 Å². The lowest BCUT2D eigenvalue weighted by atomic mass is 10.2. The van der Waals surface area contributed by atoms with Gasteiger partial charge in [-0.25, -0.2) is 13.4 Å². The largest absolute Gasteiger partial charge is 0.480 e. The summed E-state index contributed by atoms with van der Waals surface area (Å²) in [5, 5.41) is 8.44. The van der Waals surface area contributed by atoms with Crippen LogP contribution in [-0.2, 0) is 14.6 Å². The van der Waals surface area contributed by atoms with Crippen molar-refractivity contribution in [3.05, 3.63) is 31.4 Å². The number of carboxylic acid groups (broad SMARTS) is 1. The van der Waals surface area contributed by atoms with Gasteiger partial charge in [-0.05, 0) is 12.2 Å². The van der Waals surface area contributed by atoms with E-state index in [2.05, 4.69) is 16.5 Å². The van der Waals surface area contributed by atoms with Gasteiger partial charge in [0.2, 0.25) is 0 Å². The van der Waals surface area contributed by atoms with E-state index in [0.717, 1.165) is 0 Å². The molecule has 0 aromatic carbocycles. The van der Waals surface area contributed by atoms with Crippen molar-refractivity contribution in [1.82, 2.24) is 9.97 Å². The molecule has 114 valence electrons. The number of aliphatic carboxylic acids is 1. The minimum absolute atomic E-state index is 0.0225. The van der Waals surface area contributed by atoms with E-state index in [1.54, 1.807) is 18.7 Å². The summed E-state index contributed by atoms with van der Waals surface area (Å²) in [6.45, 7) is 3.34. The Kier molecular flexibility index (Phi) is 9.77. The maximum absolute atomic E-state index is 11.2. The number of hydrogen-bond donors (Lipinski definition) is 3. The average Bonchev–Trinajstić information content (AvgIpc) is 2.93. The first-order chi connectivity index (χ1) is 9.39. The highest BCUT2D eigenvalue weighted by atomic mass is 32.3. The zero-order chi connectivity index (χ0) is 15.4. The van der Waals surface area contributed by atoms with Crippen LogP contribution in [0.4, 0.5) is 0 Å². The van der Waals surface area contributed by atoms with Crippen LogP contribution < -0.4 is 5.73 Å². The van der Waals surface area contributed by atoms with Gasteiger partial charge in [0.25, 0.3) is 0 Å². The molecule has 1 heterocycles. The van der Waals surface area contributed by atoms with E-state index in [1.807, 2.05) is 0 Å². The molecule has 0 fully saturated rings. The average molecular weight is 321 g/mol. The predicted molar refractivity (Wildman–Crippen MR) is 80.1 cm³/mol. The molecule has 9 heteroatoms. The molecule has 1 atom stereocenters. The molecule has 0 aliphatic rings. The van der Waals surface area contributed by atoms with Crippen molar-refractivity contribution in [2.75, 3.05) is 16.6 Å². The molecule has 7 nitrogen and oxygen atoms in total. The molecule has 0 aliphatic carbocycles. The minimum atomic E-state index is -3.09. The van der Waals surface area contributed by atoms with Gasteiger partial charge >= 0.3 is 5.97 Å². The van der Waals surface area contributed by atoms with Gasteiger partial charge in [-0.1, -0.05) is 6.08 Å². The lowest BCUT2D eigenvalue weighted by molar-refractivity contribution is -0.138. The Hall–Kier alpha value is -1.32. The standard InChI is InChI=1S/C8H15NO4S2.C3H4N2/c1-2-5-15(12,13)6-14-4-3-7(9)8(10)11;1-2-5-3-4-1/h2,7H,1,3-6,9H2,(H,10,11);1-3H,(H,4,5)/t7-;/m0./s1. The quantitative estimate of drug-likeness (QED) is 0.470.